The summed E-state index contributed by atoms with van der Waals surface area (Å²) in [5.41, 5.74) is 0.937. The molecule has 126 valence electrons. The highest BCUT2D eigenvalue weighted by molar-refractivity contribution is 6.31. The molecule has 1 atom stereocenters. The molecule has 0 aromatic carbocycles. The molecule has 3 aromatic rings. The van der Waals surface area contributed by atoms with Crippen LogP contribution in [0.15, 0.2) is 41.2 Å². The van der Waals surface area contributed by atoms with E-state index in [4.69, 9.17) is 21.4 Å². The van der Waals surface area contributed by atoms with Crippen LogP contribution in [0, 0.1) is 17.2 Å². The molecule has 8 heteroatoms. The third-order valence-corrected chi connectivity index (χ3v) is 3.85. The van der Waals surface area contributed by atoms with E-state index in [1.807, 2.05) is 32.0 Å². The summed E-state index contributed by atoms with van der Waals surface area (Å²) in [6.45, 7) is 4.04. The number of nitriles is 1. The third-order valence-electron chi connectivity index (χ3n) is 3.55. The molecule has 0 aliphatic heterocycles. The van der Waals surface area contributed by atoms with Gasteiger partial charge >= 0.3 is 0 Å². The smallest absolute Gasteiger partial charge is 0.249 e. The van der Waals surface area contributed by atoms with Gasteiger partial charge in [0.2, 0.25) is 11.7 Å². The Hall–Kier alpha value is -2.98. The Bertz CT molecular complexity index is 903. The van der Waals surface area contributed by atoms with Crippen LogP contribution in [0.25, 0.3) is 11.4 Å². The highest BCUT2D eigenvalue weighted by Gasteiger charge is 2.23. The molecule has 0 saturated heterocycles. The summed E-state index contributed by atoms with van der Waals surface area (Å²) in [5, 5.41) is 16.6. The first-order chi connectivity index (χ1) is 12.1. The van der Waals surface area contributed by atoms with Gasteiger partial charge in [-0.1, -0.05) is 30.6 Å². The Balaban J connectivity index is 1.87. The largest absolute Gasteiger partial charge is 0.358 e. The molecular formula is C17H15ClN6O. The second kappa shape index (κ2) is 7.28. The summed E-state index contributed by atoms with van der Waals surface area (Å²) < 4.78 is 5.42. The first-order valence-corrected chi connectivity index (χ1v) is 8.03. The van der Waals surface area contributed by atoms with Crippen LogP contribution in [0.5, 0.6) is 0 Å². The van der Waals surface area contributed by atoms with E-state index in [1.165, 1.54) is 0 Å². The molecule has 0 amide bonds. The van der Waals surface area contributed by atoms with Crippen molar-refractivity contribution < 1.29 is 4.52 Å². The first kappa shape index (κ1) is 16.9. The summed E-state index contributed by atoms with van der Waals surface area (Å²) in [6.07, 6.45) is 3.36. The molecule has 1 N–H and O–H groups in total. The fourth-order valence-corrected chi connectivity index (χ4v) is 2.40. The maximum atomic E-state index is 9.06. The number of hydrogen-bond acceptors (Lipinski definition) is 7. The minimum absolute atomic E-state index is 0.144. The molecule has 0 saturated carbocycles. The van der Waals surface area contributed by atoms with Gasteiger partial charge in [-0.15, -0.1) is 0 Å². The Kier molecular flexibility index (Phi) is 4.91. The molecule has 0 bridgehead atoms. The molecule has 3 rings (SSSR count). The fourth-order valence-electron chi connectivity index (χ4n) is 2.25. The number of rotatable bonds is 5. The summed E-state index contributed by atoms with van der Waals surface area (Å²) in [4.78, 5) is 12.7. The van der Waals surface area contributed by atoms with Crippen molar-refractivity contribution in [2.45, 2.75) is 19.9 Å². The molecule has 0 fully saturated rings. The Morgan fingerprint density at radius 1 is 1.24 bits per heavy atom. The molecule has 1 unspecified atom stereocenters. The van der Waals surface area contributed by atoms with Crippen LogP contribution in [0.3, 0.4) is 0 Å². The molecule has 25 heavy (non-hydrogen) atoms. The van der Waals surface area contributed by atoms with Gasteiger partial charge in [-0.25, -0.2) is 4.98 Å². The SMILES string of the molecule is CC(C)C(Nc1ccc(Cl)c(C#N)n1)c1nc(-c2cccnc2)no1. The second-order valence-corrected chi connectivity index (χ2v) is 6.11. The second-order valence-electron chi connectivity index (χ2n) is 5.70. The Morgan fingerprint density at radius 3 is 2.76 bits per heavy atom. The number of pyridine rings is 2. The monoisotopic (exact) mass is 354 g/mol. The maximum absolute atomic E-state index is 9.06. The molecule has 0 spiro atoms. The predicted octanol–water partition coefficient (Wildman–Crippen LogP) is 3.86. The lowest BCUT2D eigenvalue weighted by Crippen LogP contribution is -2.18. The molecule has 7 nitrogen and oxygen atoms in total. The molecule has 3 aromatic heterocycles. The fraction of sp³-hybridized carbons (Fsp3) is 0.235. The van der Waals surface area contributed by atoms with E-state index in [0.29, 0.717) is 22.6 Å². The number of anilines is 1. The van der Waals surface area contributed by atoms with Crippen LogP contribution in [-0.4, -0.2) is 20.1 Å². The van der Waals surface area contributed by atoms with Gasteiger partial charge in [0.1, 0.15) is 17.9 Å². The van der Waals surface area contributed by atoms with Gasteiger partial charge in [0.15, 0.2) is 5.69 Å². The van der Waals surface area contributed by atoms with Crippen molar-refractivity contribution in [3.05, 3.63) is 53.3 Å². The van der Waals surface area contributed by atoms with E-state index >= 15 is 0 Å². The van der Waals surface area contributed by atoms with Gasteiger partial charge in [-0.05, 0) is 30.2 Å². The Labute approximate surface area is 149 Å². The average molecular weight is 355 g/mol. The van der Waals surface area contributed by atoms with Crippen LogP contribution in [0.2, 0.25) is 5.02 Å². The summed E-state index contributed by atoms with van der Waals surface area (Å²) >= 11 is 5.92. The highest BCUT2D eigenvalue weighted by atomic mass is 35.5. The van der Waals surface area contributed by atoms with Gasteiger partial charge in [-0.3, -0.25) is 4.98 Å². The zero-order valence-corrected chi connectivity index (χ0v) is 14.4. The normalized spacial score (nSPS) is 12.0. The lowest BCUT2D eigenvalue weighted by atomic mass is 10.0. The molecule has 0 aliphatic rings. The zero-order valence-electron chi connectivity index (χ0n) is 13.6. The standard InChI is InChI=1S/C17H15ClN6O/c1-10(2)15(22-14-6-5-12(18)13(8-19)21-14)17-23-16(24-25-17)11-4-3-7-20-9-11/h3-7,9-10,15H,1-2H3,(H,21,22). The number of halogens is 1. The van der Waals surface area contributed by atoms with E-state index in [9.17, 15) is 0 Å². The quantitative estimate of drug-likeness (QED) is 0.742. The van der Waals surface area contributed by atoms with Gasteiger partial charge in [-0.2, -0.15) is 10.2 Å². The minimum Gasteiger partial charge on any atom is -0.358 e. The van der Waals surface area contributed by atoms with E-state index in [0.717, 1.165) is 5.56 Å². The van der Waals surface area contributed by atoms with E-state index in [1.54, 1.807) is 24.5 Å². The van der Waals surface area contributed by atoms with Crippen molar-refractivity contribution in [2.24, 2.45) is 5.92 Å². The van der Waals surface area contributed by atoms with Gasteiger partial charge in [0, 0.05) is 18.0 Å². The van der Waals surface area contributed by atoms with Crippen molar-refractivity contribution in [1.82, 2.24) is 20.1 Å². The van der Waals surface area contributed by atoms with Crippen molar-refractivity contribution >= 4 is 17.4 Å². The number of nitrogens with zero attached hydrogens (tertiary/aromatic N) is 5. The average Bonchev–Trinajstić information content (AvgIpc) is 3.11. The number of nitrogens with one attached hydrogen (secondary N) is 1. The van der Waals surface area contributed by atoms with Crippen LogP contribution in [0.4, 0.5) is 5.82 Å². The summed E-state index contributed by atoms with van der Waals surface area (Å²) in [5.74, 6) is 1.56. The van der Waals surface area contributed by atoms with Gasteiger partial charge in [0.05, 0.1) is 5.02 Å². The van der Waals surface area contributed by atoms with Gasteiger partial charge in [0.25, 0.3) is 0 Å². The van der Waals surface area contributed by atoms with E-state index in [2.05, 4.69) is 25.4 Å². The molecule has 0 aliphatic carbocycles. The topological polar surface area (TPSA) is 101 Å². The van der Waals surface area contributed by atoms with Gasteiger partial charge < -0.3 is 9.84 Å². The van der Waals surface area contributed by atoms with Crippen LogP contribution in [0.1, 0.15) is 31.5 Å². The number of hydrogen-bond donors (Lipinski definition) is 1. The first-order valence-electron chi connectivity index (χ1n) is 7.65. The van der Waals surface area contributed by atoms with Crippen molar-refractivity contribution in [3.8, 4) is 17.5 Å². The predicted molar refractivity (Wildman–Crippen MR) is 92.7 cm³/mol. The van der Waals surface area contributed by atoms with E-state index in [-0.39, 0.29) is 17.7 Å². The summed E-state index contributed by atoms with van der Waals surface area (Å²) in [6, 6.07) is 8.70. The molecule has 0 radical (unpaired) electrons. The maximum Gasteiger partial charge on any atom is 0.249 e. The molecular weight excluding hydrogens is 340 g/mol. The Morgan fingerprint density at radius 2 is 2.08 bits per heavy atom. The minimum atomic E-state index is -0.266. The van der Waals surface area contributed by atoms with Crippen molar-refractivity contribution in [3.63, 3.8) is 0 Å². The molecule has 3 heterocycles. The lowest BCUT2D eigenvalue weighted by Gasteiger charge is -2.19. The summed E-state index contributed by atoms with van der Waals surface area (Å²) in [7, 11) is 0. The van der Waals surface area contributed by atoms with Crippen LogP contribution >= 0.6 is 11.6 Å². The number of aromatic nitrogens is 4. The van der Waals surface area contributed by atoms with Crippen molar-refractivity contribution in [2.75, 3.05) is 5.32 Å². The van der Waals surface area contributed by atoms with Crippen molar-refractivity contribution in [1.29, 1.82) is 5.26 Å². The van der Waals surface area contributed by atoms with Crippen LogP contribution in [-0.2, 0) is 0 Å². The van der Waals surface area contributed by atoms with Crippen LogP contribution < -0.4 is 5.32 Å². The third kappa shape index (κ3) is 3.75. The van der Waals surface area contributed by atoms with E-state index < -0.39 is 0 Å². The highest BCUT2D eigenvalue weighted by Crippen LogP contribution is 2.27. The lowest BCUT2D eigenvalue weighted by molar-refractivity contribution is 0.335. The zero-order chi connectivity index (χ0) is 17.8.